The summed E-state index contributed by atoms with van der Waals surface area (Å²) in [4.78, 5) is 33.5. The minimum Gasteiger partial charge on any atom is -0.478 e. The van der Waals surface area contributed by atoms with Crippen molar-refractivity contribution in [2.75, 3.05) is 6.54 Å². The molecule has 2 aromatic heterocycles. The molecular weight excluding hydrogens is 454 g/mol. The Hall–Kier alpha value is -2.36. The lowest BCUT2D eigenvalue weighted by atomic mass is 9.73. The second-order valence-electron chi connectivity index (χ2n) is 10.6. The first-order chi connectivity index (χ1) is 15.8. The number of carboxylic acid groups (broad SMARTS) is 2. The van der Waals surface area contributed by atoms with E-state index >= 15 is 0 Å². The molecule has 9 heteroatoms. The van der Waals surface area contributed by atoms with E-state index in [0.717, 1.165) is 29.4 Å². The molecule has 3 heterocycles. The Balaban J connectivity index is 0.000000350. The third-order valence-electron chi connectivity index (χ3n) is 7.08. The van der Waals surface area contributed by atoms with Crippen molar-refractivity contribution in [3.05, 3.63) is 34.6 Å². The van der Waals surface area contributed by atoms with Crippen LogP contribution in [0.3, 0.4) is 0 Å². The van der Waals surface area contributed by atoms with E-state index in [1.165, 1.54) is 35.9 Å². The van der Waals surface area contributed by atoms with Crippen LogP contribution in [-0.2, 0) is 16.1 Å². The summed E-state index contributed by atoms with van der Waals surface area (Å²) in [5.74, 6) is -0.984. The fraction of sp³-hybridized carbons (Fsp3) is 0.600. The molecule has 8 nitrogen and oxygen atoms in total. The summed E-state index contributed by atoms with van der Waals surface area (Å²) in [6, 6.07) is 2.36. The molecule has 0 amide bonds. The van der Waals surface area contributed by atoms with Crippen LogP contribution >= 0.6 is 11.3 Å². The highest BCUT2D eigenvalue weighted by Crippen LogP contribution is 2.45. The summed E-state index contributed by atoms with van der Waals surface area (Å²) in [5.41, 5.74) is 1.45. The fourth-order valence-electron chi connectivity index (χ4n) is 4.48. The predicted octanol–water partition coefficient (Wildman–Crippen LogP) is 4.35. The normalized spacial score (nSPS) is 22.2. The van der Waals surface area contributed by atoms with E-state index in [4.69, 9.17) is 20.2 Å². The van der Waals surface area contributed by atoms with E-state index in [0.29, 0.717) is 23.5 Å². The lowest BCUT2D eigenvalue weighted by Crippen LogP contribution is -2.66. The molecule has 2 aliphatic rings. The molecule has 1 unspecified atom stereocenters. The number of aliphatic carboxylic acids is 2. The average Bonchev–Trinajstić information content (AvgIpc) is 3.16. The van der Waals surface area contributed by atoms with Gasteiger partial charge in [-0.1, -0.05) is 13.8 Å². The topological polar surface area (TPSA) is 124 Å². The Kier molecular flexibility index (Phi) is 7.79. The number of aliphatic hydroxyl groups is 1. The first kappa shape index (κ1) is 26.2. The Morgan fingerprint density at radius 2 is 1.71 bits per heavy atom. The van der Waals surface area contributed by atoms with Gasteiger partial charge in [0.05, 0.1) is 11.8 Å². The fourth-order valence-corrected chi connectivity index (χ4v) is 5.75. The second-order valence-corrected chi connectivity index (χ2v) is 11.6. The number of aryl methyl sites for hydroxylation is 1. The zero-order chi connectivity index (χ0) is 25.3. The van der Waals surface area contributed by atoms with Crippen molar-refractivity contribution in [3.63, 3.8) is 0 Å². The zero-order valence-corrected chi connectivity index (χ0v) is 21.4. The molecule has 0 bridgehead atoms. The van der Waals surface area contributed by atoms with Crippen LogP contribution in [-0.4, -0.2) is 60.3 Å². The molecule has 1 aliphatic carbocycles. The molecule has 1 saturated carbocycles. The van der Waals surface area contributed by atoms with Gasteiger partial charge in [-0.05, 0) is 63.9 Å². The van der Waals surface area contributed by atoms with Gasteiger partial charge in [0.2, 0.25) is 0 Å². The second kappa shape index (κ2) is 10.1. The quantitative estimate of drug-likeness (QED) is 0.530. The van der Waals surface area contributed by atoms with Gasteiger partial charge in [0.1, 0.15) is 10.7 Å². The predicted molar refractivity (Wildman–Crippen MR) is 132 cm³/mol. The maximum Gasteiger partial charge on any atom is 0.328 e. The van der Waals surface area contributed by atoms with Crippen LogP contribution in [0.2, 0.25) is 0 Å². The largest absolute Gasteiger partial charge is 0.478 e. The lowest BCUT2D eigenvalue weighted by Gasteiger charge is -2.52. The van der Waals surface area contributed by atoms with Crippen LogP contribution in [0.15, 0.2) is 18.2 Å². The molecule has 0 radical (unpaired) electrons. The number of hydrogen-bond acceptors (Lipinski definition) is 7. The van der Waals surface area contributed by atoms with Crippen LogP contribution in [0.5, 0.6) is 0 Å². The van der Waals surface area contributed by atoms with Gasteiger partial charge >= 0.3 is 11.9 Å². The smallest absolute Gasteiger partial charge is 0.328 e. The van der Waals surface area contributed by atoms with Crippen molar-refractivity contribution in [2.24, 2.45) is 5.41 Å². The van der Waals surface area contributed by atoms with Crippen LogP contribution in [0, 0.1) is 12.3 Å². The Morgan fingerprint density at radius 3 is 2.21 bits per heavy atom. The van der Waals surface area contributed by atoms with Gasteiger partial charge in [-0.3, -0.25) is 4.90 Å². The lowest BCUT2D eigenvalue weighted by molar-refractivity contribution is -0.134. The van der Waals surface area contributed by atoms with E-state index in [9.17, 15) is 14.7 Å². The highest BCUT2D eigenvalue weighted by atomic mass is 32.1. The standard InChI is InChI=1S/C21H31N3OS.C4H4O4/c1-13-22-16(11-24-12-18(25)21(24,4)5)15-10-17(26-19(15)23-13)14-6-8-20(2,3)9-7-14;5-3(6)1-2-4(7)8/h10,14,18,25H,6-9,11-12H2,1-5H3;1-2H,(H,5,6)(H,7,8)/b;2-1+. The van der Waals surface area contributed by atoms with Gasteiger partial charge < -0.3 is 15.3 Å². The van der Waals surface area contributed by atoms with Crippen molar-refractivity contribution in [1.29, 1.82) is 0 Å². The zero-order valence-electron chi connectivity index (χ0n) is 20.5. The molecule has 34 heavy (non-hydrogen) atoms. The molecular formula is C25H35N3O5S. The van der Waals surface area contributed by atoms with Gasteiger partial charge in [-0.25, -0.2) is 19.6 Å². The van der Waals surface area contributed by atoms with Crippen LogP contribution < -0.4 is 0 Å². The van der Waals surface area contributed by atoms with Crippen molar-refractivity contribution in [2.45, 2.75) is 84.4 Å². The van der Waals surface area contributed by atoms with Gasteiger partial charge in [0, 0.05) is 41.0 Å². The summed E-state index contributed by atoms with van der Waals surface area (Å²) in [6.45, 7) is 12.5. The number of aliphatic hydroxyl groups excluding tert-OH is 1. The monoisotopic (exact) mass is 489 g/mol. The number of carbonyl (C=O) groups is 2. The van der Waals surface area contributed by atoms with Gasteiger partial charge in [0.25, 0.3) is 0 Å². The van der Waals surface area contributed by atoms with Gasteiger partial charge in [-0.2, -0.15) is 0 Å². The molecule has 1 atom stereocenters. The maximum absolute atomic E-state index is 10.0. The molecule has 1 aliphatic heterocycles. The Labute approximate surface area is 204 Å². The van der Waals surface area contributed by atoms with Crippen LogP contribution in [0.4, 0.5) is 0 Å². The summed E-state index contributed by atoms with van der Waals surface area (Å²) in [6.07, 6.45) is 6.06. The number of rotatable bonds is 5. The SMILES string of the molecule is Cc1nc(CN2CC(O)C2(C)C)c2cc(C3CCC(C)(C)CC3)sc2n1.O=C(O)/C=C/C(=O)O. The third-order valence-corrected chi connectivity index (χ3v) is 8.27. The number of hydrogen-bond donors (Lipinski definition) is 3. The highest BCUT2D eigenvalue weighted by molar-refractivity contribution is 7.18. The average molecular weight is 490 g/mol. The number of likely N-dealkylation sites (tertiary alicyclic amines) is 1. The molecule has 4 rings (SSSR count). The van der Waals surface area contributed by atoms with Crippen molar-refractivity contribution in [1.82, 2.24) is 14.9 Å². The van der Waals surface area contributed by atoms with E-state index < -0.39 is 11.9 Å². The number of aromatic nitrogens is 2. The first-order valence-corrected chi connectivity index (χ1v) is 12.4. The summed E-state index contributed by atoms with van der Waals surface area (Å²) in [7, 11) is 0. The van der Waals surface area contributed by atoms with Gasteiger partial charge in [-0.15, -0.1) is 11.3 Å². The van der Waals surface area contributed by atoms with Gasteiger partial charge in [0.15, 0.2) is 0 Å². The van der Waals surface area contributed by atoms with E-state index in [2.05, 4.69) is 38.7 Å². The Morgan fingerprint density at radius 1 is 1.12 bits per heavy atom. The molecule has 3 N–H and O–H groups in total. The van der Waals surface area contributed by atoms with E-state index in [1.807, 2.05) is 18.3 Å². The number of nitrogens with zero attached hydrogens (tertiary/aromatic N) is 3. The third kappa shape index (κ3) is 6.20. The van der Waals surface area contributed by atoms with Crippen molar-refractivity contribution in [3.8, 4) is 0 Å². The number of fused-ring (bicyclic) bond motifs is 1. The van der Waals surface area contributed by atoms with Crippen molar-refractivity contribution >= 4 is 33.5 Å². The number of β-amino-alcohol motifs (C(OH)–C–C–N with tert-alkyl or cyclic N) is 1. The number of thiophene rings is 1. The number of carboxylic acids is 2. The molecule has 1 saturated heterocycles. The van der Waals surface area contributed by atoms with Crippen LogP contribution in [0.25, 0.3) is 10.2 Å². The summed E-state index contributed by atoms with van der Waals surface area (Å²) < 4.78 is 0. The molecule has 0 spiro atoms. The van der Waals surface area contributed by atoms with E-state index in [1.54, 1.807) is 0 Å². The highest BCUT2D eigenvalue weighted by Gasteiger charge is 2.45. The molecule has 2 aromatic rings. The minimum atomic E-state index is -1.26. The first-order valence-electron chi connectivity index (χ1n) is 11.6. The molecule has 186 valence electrons. The van der Waals surface area contributed by atoms with Crippen molar-refractivity contribution < 1.29 is 24.9 Å². The maximum atomic E-state index is 10.0. The minimum absolute atomic E-state index is 0.168. The summed E-state index contributed by atoms with van der Waals surface area (Å²) in [5, 5.41) is 26.9. The summed E-state index contributed by atoms with van der Waals surface area (Å²) >= 11 is 1.87. The Bertz CT molecular complexity index is 1070. The van der Waals surface area contributed by atoms with Crippen LogP contribution in [0.1, 0.15) is 75.7 Å². The van der Waals surface area contributed by atoms with E-state index in [-0.39, 0.29) is 11.6 Å². The molecule has 0 aromatic carbocycles. The molecule has 2 fully saturated rings.